The zero-order chi connectivity index (χ0) is 14.5. The first-order valence-corrected chi connectivity index (χ1v) is 5.82. The van der Waals surface area contributed by atoms with Crippen LogP contribution in [0.2, 0.25) is 0 Å². The molecule has 1 aromatic carbocycles. The fraction of sp³-hybridized carbons (Fsp3) is 0.143. The smallest absolute Gasteiger partial charge is 0.341 e. The van der Waals surface area contributed by atoms with E-state index in [9.17, 15) is 9.18 Å². The van der Waals surface area contributed by atoms with Crippen molar-refractivity contribution in [2.24, 2.45) is 0 Å². The molecule has 1 aromatic heterocycles. The maximum Gasteiger partial charge on any atom is 0.341 e. The fourth-order valence-corrected chi connectivity index (χ4v) is 1.57. The van der Waals surface area contributed by atoms with Crippen molar-refractivity contribution in [3.05, 3.63) is 53.5 Å². The molecule has 0 bridgehead atoms. The van der Waals surface area contributed by atoms with Gasteiger partial charge in [0.2, 0.25) is 5.88 Å². The average molecular weight is 276 g/mol. The van der Waals surface area contributed by atoms with Crippen molar-refractivity contribution in [1.29, 1.82) is 0 Å². The van der Waals surface area contributed by atoms with Gasteiger partial charge < -0.3 is 15.2 Å². The predicted molar refractivity (Wildman–Crippen MR) is 70.7 cm³/mol. The Morgan fingerprint density at radius 1 is 1.35 bits per heavy atom. The number of aromatic nitrogens is 1. The summed E-state index contributed by atoms with van der Waals surface area (Å²) in [7, 11) is 1.49. The molecular formula is C14H13FN2O3. The lowest BCUT2D eigenvalue weighted by atomic mass is 10.2. The molecule has 0 radical (unpaired) electrons. The number of carbonyl (C=O) groups is 1. The summed E-state index contributed by atoms with van der Waals surface area (Å²) in [5.74, 6) is -1.07. The van der Waals surface area contributed by atoms with Gasteiger partial charge in [0, 0.05) is 11.8 Å². The molecule has 20 heavy (non-hydrogen) atoms. The highest BCUT2D eigenvalue weighted by Crippen LogP contribution is 2.14. The SMILES string of the molecule is COc1cccc(COC(=O)c2ccc(N)cc2F)n1. The van der Waals surface area contributed by atoms with Crippen LogP contribution in [0.25, 0.3) is 0 Å². The lowest BCUT2D eigenvalue weighted by Gasteiger charge is -2.06. The topological polar surface area (TPSA) is 74.4 Å². The van der Waals surface area contributed by atoms with E-state index in [0.717, 1.165) is 6.07 Å². The molecular weight excluding hydrogens is 263 g/mol. The molecule has 2 aromatic rings. The first-order valence-electron chi connectivity index (χ1n) is 5.82. The van der Waals surface area contributed by atoms with Crippen molar-refractivity contribution in [3.63, 3.8) is 0 Å². The fourth-order valence-electron chi connectivity index (χ4n) is 1.57. The number of carbonyl (C=O) groups excluding carboxylic acids is 1. The Kier molecular flexibility index (Phi) is 4.14. The van der Waals surface area contributed by atoms with Crippen LogP contribution in [0.1, 0.15) is 16.1 Å². The van der Waals surface area contributed by atoms with Crippen LogP contribution in [-0.2, 0) is 11.3 Å². The van der Waals surface area contributed by atoms with E-state index in [4.69, 9.17) is 15.2 Å². The van der Waals surface area contributed by atoms with Gasteiger partial charge in [0.25, 0.3) is 0 Å². The standard InChI is InChI=1S/C14H13FN2O3/c1-19-13-4-2-3-10(17-13)8-20-14(18)11-6-5-9(16)7-12(11)15/h2-7H,8,16H2,1H3. The monoisotopic (exact) mass is 276 g/mol. The first kappa shape index (κ1) is 13.8. The van der Waals surface area contributed by atoms with Crippen LogP contribution >= 0.6 is 0 Å². The van der Waals surface area contributed by atoms with E-state index in [2.05, 4.69) is 4.98 Å². The van der Waals surface area contributed by atoms with Crippen molar-refractivity contribution >= 4 is 11.7 Å². The maximum atomic E-state index is 13.5. The largest absolute Gasteiger partial charge is 0.481 e. The van der Waals surface area contributed by atoms with Crippen molar-refractivity contribution in [2.45, 2.75) is 6.61 Å². The lowest BCUT2D eigenvalue weighted by Crippen LogP contribution is -2.09. The molecule has 0 fully saturated rings. The van der Waals surface area contributed by atoms with E-state index in [1.807, 2.05) is 0 Å². The molecule has 1 heterocycles. The highest BCUT2D eigenvalue weighted by molar-refractivity contribution is 5.90. The second-order valence-corrected chi connectivity index (χ2v) is 3.99. The minimum absolute atomic E-state index is 0.0696. The number of nitrogen functional groups attached to an aromatic ring is 1. The molecule has 104 valence electrons. The number of hydrogen-bond donors (Lipinski definition) is 1. The lowest BCUT2D eigenvalue weighted by molar-refractivity contribution is 0.0461. The van der Waals surface area contributed by atoms with Crippen LogP contribution in [0.15, 0.2) is 36.4 Å². The quantitative estimate of drug-likeness (QED) is 0.684. The Bertz CT molecular complexity index is 632. The van der Waals surface area contributed by atoms with E-state index >= 15 is 0 Å². The maximum absolute atomic E-state index is 13.5. The van der Waals surface area contributed by atoms with Gasteiger partial charge in [0.05, 0.1) is 18.4 Å². The van der Waals surface area contributed by atoms with Crippen LogP contribution in [0, 0.1) is 5.82 Å². The molecule has 0 aliphatic carbocycles. The van der Waals surface area contributed by atoms with Gasteiger partial charge in [0.1, 0.15) is 12.4 Å². The van der Waals surface area contributed by atoms with Gasteiger partial charge in [-0.05, 0) is 24.3 Å². The summed E-state index contributed by atoms with van der Waals surface area (Å²) in [6.45, 7) is -0.0696. The highest BCUT2D eigenvalue weighted by atomic mass is 19.1. The van der Waals surface area contributed by atoms with Crippen molar-refractivity contribution in [3.8, 4) is 5.88 Å². The zero-order valence-electron chi connectivity index (χ0n) is 10.8. The number of esters is 1. The number of halogens is 1. The molecule has 0 saturated carbocycles. The summed E-state index contributed by atoms with van der Waals surface area (Å²) < 4.78 is 23.5. The number of nitrogens with two attached hydrogens (primary N) is 1. The van der Waals surface area contributed by atoms with E-state index in [1.165, 1.54) is 19.2 Å². The molecule has 5 nitrogen and oxygen atoms in total. The number of methoxy groups -OCH3 is 1. The summed E-state index contributed by atoms with van der Waals surface area (Å²) in [6, 6.07) is 8.86. The second kappa shape index (κ2) is 6.01. The summed E-state index contributed by atoms with van der Waals surface area (Å²) in [6.07, 6.45) is 0. The molecule has 0 unspecified atom stereocenters. The highest BCUT2D eigenvalue weighted by Gasteiger charge is 2.13. The zero-order valence-corrected chi connectivity index (χ0v) is 10.8. The van der Waals surface area contributed by atoms with Crippen molar-refractivity contribution in [2.75, 3.05) is 12.8 Å². The second-order valence-electron chi connectivity index (χ2n) is 3.99. The number of benzene rings is 1. The Morgan fingerprint density at radius 3 is 2.85 bits per heavy atom. The minimum Gasteiger partial charge on any atom is -0.481 e. The van der Waals surface area contributed by atoms with E-state index < -0.39 is 11.8 Å². The van der Waals surface area contributed by atoms with Crippen LogP contribution < -0.4 is 10.5 Å². The summed E-state index contributed by atoms with van der Waals surface area (Å²) in [5, 5.41) is 0. The molecule has 2 N–H and O–H groups in total. The molecule has 0 aliphatic rings. The number of anilines is 1. The third kappa shape index (κ3) is 3.23. The summed E-state index contributed by atoms with van der Waals surface area (Å²) in [4.78, 5) is 15.8. The Labute approximate surface area is 115 Å². The van der Waals surface area contributed by atoms with Gasteiger partial charge in [-0.25, -0.2) is 14.2 Å². The van der Waals surface area contributed by atoms with Crippen LogP contribution in [0.4, 0.5) is 10.1 Å². The minimum atomic E-state index is -0.771. The average Bonchev–Trinajstić information content (AvgIpc) is 2.45. The molecule has 0 spiro atoms. The third-order valence-corrected chi connectivity index (χ3v) is 2.55. The van der Waals surface area contributed by atoms with Gasteiger partial charge in [-0.2, -0.15) is 0 Å². The van der Waals surface area contributed by atoms with Gasteiger partial charge in [-0.15, -0.1) is 0 Å². The Balaban J connectivity index is 2.04. The van der Waals surface area contributed by atoms with Crippen LogP contribution in [-0.4, -0.2) is 18.1 Å². The molecule has 0 amide bonds. The van der Waals surface area contributed by atoms with Crippen LogP contribution in [0.5, 0.6) is 5.88 Å². The number of ether oxygens (including phenoxy) is 2. The normalized spacial score (nSPS) is 10.1. The number of hydrogen-bond acceptors (Lipinski definition) is 5. The van der Waals surface area contributed by atoms with Gasteiger partial charge in [-0.3, -0.25) is 0 Å². The molecule has 2 rings (SSSR count). The van der Waals surface area contributed by atoms with Gasteiger partial charge in [-0.1, -0.05) is 6.07 Å². The van der Waals surface area contributed by atoms with Crippen molar-refractivity contribution < 1.29 is 18.7 Å². The molecule has 0 aliphatic heterocycles. The molecule has 6 heteroatoms. The predicted octanol–water partition coefficient (Wildman–Crippen LogP) is 2.17. The number of nitrogens with zero attached hydrogens (tertiary/aromatic N) is 1. The first-order chi connectivity index (χ1) is 9.60. The van der Waals surface area contributed by atoms with Crippen LogP contribution in [0.3, 0.4) is 0 Å². The molecule has 0 atom stereocenters. The van der Waals surface area contributed by atoms with E-state index in [1.54, 1.807) is 18.2 Å². The third-order valence-electron chi connectivity index (χ3n) is 2.55. The summed E-state index contributed by atoms with van der Waals surface area (Å²) in [5.41, 5.74) is 6.00. The number of rotatable bonds is 4. The number of pyridine rings is 1. The van der Waals surface area contributed by atoms with Gasteiger partial charge >= 0.3 is 5.97 Å². The van der Waals surface area contributed by atoms with E-state index in [-0.39, 0.29) is 17.9 Å². The summed E-state index contributed by atoms with van der Waals surface area (Å²) >= 11 is 0. The van der Waals surface area contributed by atoms with Gasteiger partial charge in [0.15, 0.2) is 0 Å². The van der Waals surface area contributed by atoms with E-state index in [0.29, 0.717) is 11.6 Å². The Hall–Kier alpha value is -2.63. The van der Waals surface area contributed by atoms with Crippen molar-refractivity contribution in [1.82, 2.24) is 4.98 Å². The Morgan fingerprint density at radius 2 is 2.15 bits per heavy atom. The molecule has 0 saturated heterocycles.